The summed E-state index contributed by atoms with van der Waals surface area (Å²) in [4.78, 5) is 25.1. The number of carbonyl (C=O) groups excluding carboxylic acids is 2. The third kappa shape index (κ3) is 4.66. The van der Waals surface area contributed by atoms with Gasteiger partial charge in [0, 0.05) is 11.3 Å². The molecule has 122 valence electrons. The van der Waals surface area contributed by atoms with Crippen molar-refractivity contribution in [1.29, 1.82) is 0 Å². The van der Waals surface area contributed by atoms with Crippen molar-refractivity contribution in [2.75, 3.05) is 11.9 Å². The third-order valence-corrected chi connectivity index (χ3v) is 4.40. The molecule has 0 bridgehead atoms. The molecule has 2 aromatic rings. The maximum Gasteiger partial charge on any atom is 0.341 e. The summed E-state index contributed by atoms with van der Waals surface area (Å²) in [6, 6.07) is 11.6. The van der Waals surface area contributed by atoms with Gasteiger partial charge in [-0.15, -0.1) is 11.3 Å². The molecule has 1 heterocycles. The number of benzene rings is 1. The van der Waals surface area contributed by atoms with Crippen molar-refractivity contribution < 1.29 is 14.3 Å². The first-order valence-corrected chi connectivity index (χ1v) is 8.63. The first-order chi connectivity index (χ1) is 11.2. The molecule has 5 heteroatoms. The summed E-state index contributed by atoms with van der Waals surface area (Å²) in [5.41, 5.74) is 1.43. The van der Waals surface area contributed by atoms with E-state index in [-0.39, 0.29) is 5.91 Å². The van der Waals surface area contributed by atoms with Crippen LogP contribution in [0.4, 0.5) is 5.00 Å². The molecular weight excluding hydrogens is 310 g/mol. The zero-order chi connectivity index (χ0) is 16.7. The number of hydrogen-bond acceptors (Lipinski definition) is 4. The number of hydrogen-bond donors (Lipinski definition) is 1. The molecule has 23 heavy (non-hydrogen) atoms. The van der Waals surface area contributed by atoms with Crippen molar-refractivity contribution >= 4 is 28.2 Å². The highest BCUT2D eigenvalue weighted by Crippen LogP contribution is 2.36. The van der Waals surface area contributed by atoms with Gasteiger partial charge in [0.25, 0.3) is 0 Å². The van der Waals surface area contributed by atoms with Crippen LogP contribution in [0.15, 0.2) is 36.4 Å². The summed E-state index contributed by atoms with van der Waals surface area (Å²) in [5.74, 6) is -0.476. The Bertz CT molecular complexity index is 664. The van der Waals surface area contributed by atoms with Gasteiger partial charge in [0.05, 0.1) is 12.2 Å². The largest absolute Gasteiger partial charge is 0.462 e. The van der Waals surface area contributed by atoms with E-state index in [2.05, 4.69) is 5.32 Å². The predicted molar refractivity (Wildman–Crippen MR) is 93.9 cm³/mol. The average Bonchev–Trinajstić information content (AvgIpc) is 2.98. The molecule has 4 nitrogen and oxygen atoms in total. The van der Waals surface area contributed by atoms with Gasteiger partial charge in [-0.05, 0) is 25.0 Å². The van der Waals surface area contributed by atoms with Crippen LogP contribution in [0.3, 0.4) is 0 Å². The number of anilines is 1. The van der Waals surface area contributed by atoms with E-state index in [1.165, 1.54) is 11.3 Å². The lowest BCUT2D eigenvalue weighted by atomic mass is 10.1. The molecule has 0 fully saturated rings. The number of unbranched alkanes of at least 4 members (excludes halogenated alkanes) is 1. The molecule has 1 amide bonds. The molecule has 1 aromatic heterocycles. The standard InChI is InChI=1S/C18H21NO3S/c1-3-5-11-16(20)19-17-14(18(21)22-4-2)12-15(23-17)13-9-7-6-8-10-13/h6-10,12H,3-5,11H2,1-2H3,(H,19,20). The Morgan fingerprint density at radius 1 is 1.17 bits per heavy atom. The summed E-state index contributed by atoms with van der Waals surface area (Å²) in [7, 11) is 0. The van der Waals surface area contributed by atoms with Crippen LogP contribution in [0.5, 0.6) is 0 Å². The minimum atomic E-state index is -0.406. The highest BCUT2D eigenvalue weighted by molar-refractivity contribution is 7.20. The Labute approximate surface area is 140 Å². The van der Waals surface area contributed by atoms with Crippen molar-refractivity contribution in [2.24, 2.45) is 0 Å². The van der Waals surface area contributed by atoms with Crippen LogP contribution in [0.2, 0.25) is 0 Å². The lowest BCUT2D eigenvalue weighted by Gasteiger charge is -2.05. The minimum absolute atomic E-state index is 0.0705. The molecule has 0 atom stereocenters. The number of nitrogens with one attached hydrogen (secondary N) is 1. The normalized spacial score (nSPS) is 10.3. The number of amides is 1. The second kappa shape index (κ2) is 8.48. The molecule has 0 saturated carbocycles. The van der Waals surface area contributed by atoms with E-state index in [1.54, 1.807) is 13.0 Å². The van der Waals surface area contributed by atoms with Gasteiger partial charge in [-0.1, -0.05) is 43.7 Å². The van der Waals surface area contributed by atoms with E-state index in [9.17, 15) is 9.59 Å². The van der Waals surface area contributed by atoms with Gasteiger partial charge in [-0.2, -0.15) is 0 Å². The van der Waals surface area contributed by atoms with Crippen LogP contribution in [-0.4, -0.2) is 18.5 Å². The Balaban J connectivity index is 2.29. The van der Waals surface area contributed by atoms with E-state index >= 15 is 0 Å². The number of carbonyl (C=O) groups is 2. The van der Waals surface area contributed by atoms with Crippen LogP contribution < -0.4 is 5.32 Å². The van der Waals surface area contributed by atoms with Gasteiger partial charge in [-0.25, -0.2) is 4.79 Å². The summed E-state index contributed by atoms with van der Waals surface area (Å²) >= 11 is 1.40. The maximum absolute atomic E-state index is 12.1. The van der Waals surface area contributed by atoms with E-state index in [0.717, 1.165) is 23.3 Å². The van der Waals surface area contributed by atoms with E-state index in [4.69, 9.17) is 4.74 Å². The lowest BCUT2D eigenvalue weighted by molar-refractivity contribution is -0.116. The third-order valence-electron chi connectivity index (χ3n) is 3.30. The first-order valence-electron chi connectivity index (χ1n) is 7.82. The van der Waals surface area contributed by atoms with Gasteiger partial charge >= 0.3 is 5.97 Å². The second-order valence-corrected chi connectivity index (χ2v) is 6.14. The molecule has 0 aliphatic rings. The van der Waals surface area contributed by atoms with Crippen molar-refractivity contribution in [3.05, 3.63) is 42.0 Å². The number of ether oxygens (including phenoxy) is 1. The predicted octanol–water partition coefficient (Wildman–Crippen LogP) is 4.72. The molecule has 0 spiro atoms. The Kier molecular flexibility index (Phi) is 6.35. The van der Waals surface area contributed by atoms with E-state index < -0.39 is 5.97 Å². The van der Waals surface area contributed by atoms with Crippen molar-refractivity contribution in [2.45, 2.75) is 33.1 Å². The smallest absolute Gasteiger partial charge is 0.341 e. The summed E-state index contributed by atoms with van der Waals surface area (Å²) in [6.45, 7) is 4.11. The fourth-order valence-electron chi connectivity index (χ4n) is 2.12. The van der Waals surface area contributed by atoms with Crippen LogP contribution in [0, 0.1) is 0 Å². The van der Waals surface area contributed by atoms with Crippen molar-refractivity contribution in [1.82, 2.24) is 0 Å². The quantitative estimate of drug-likeness (QED) is 0.747. The number of thiophene rings is 1. The van der Waals surface area contributed by atoms with Crippen molar-refractivity contribution in [3.63, 3.8) is 0 Å². The van der Waals surface area contributed by atoms with Crippen molar-refractivity contribution in [3.8, 4) is 10.4 Å². The van der Waals surface area contributed by atoms with Gasteiger partial charge in [0.2, 0.25) is 5.91 Å². The van der Waals surface area contributed by atoms with Gasteiger partial charge in [-0.3, -0.25) is 4.79 Å². The fourth-order valence-corrected chi connectivity index (χ4v) is 3.18. The molecular formula is C18H21NO3S. The Hall–Kier alpha value is -2.14. The first kappa shape index (κ1) is 17.2. The van der Waals surface area contributed by atoms with Gasteiger partial charge < -0.3 is 10.1 Å². The molecule has 0 unspecified atom stereocenters. The topological polar surface area (TPSA) is 55.4 Å². The summed E-state index contributed by atoms with van der Waals surface area (Å²) in [5, 5.41) is 3.41. The molecule has 0 saturated heterocycles. The Morgan fingerprint density at radius 2 is 1.91 bits per heavy atom. The molecule has 0 radical (unpaired) electrons. The van der Waals surface area contributed by atoms with Gasteiger partial charge in [0.1, 0.15) is 5.00 Å². The highest BCUT2D eigenvalue weighted by Gasteiger charge is 2.19. The molecule has 0 aliphatic heterocycles. The summed E-state index contributed by atoms with van der Waals surface area (Å²) < 4.78 is 5.10. The lowest BCUT2D eigenvalue weighted by Crippen LogP contribution is -2.13. The number of rotatable bonds is 7. The van der Waals surface area contributed by atoms with E-state index in [0.29, 0.717) is 23.6 Å². The minimum Gasteiger partial charge on any atom is -0.462 e. The summed E-state index contributed by atoms with van der Waals surface area (Å²) in [6.07, 6.45) is 2.24. The number of esters is 1. The van der Waals surface area contributed by atoms with Crippen LogP contribution in [0.25, 0.3) is 10.4 Å². The SMILES string of the molecule is CCCCC(=O)Nc1sc(-c2ccccc2)cc1C(=O)OCC. The molecule has 0 aliphatic carbocycles. The van der Waals surface area contributed by atoms with E-state index in [1.807, 2.05) is 37.3 Å². The average molecular weight is 331 g/mol. The Morgan fingerprint density at radius 3 is 2.57 bits per heavy atom. The maximum atomic E-state index is 12.1. The van der Waals surface area contributed by atoms with Crippen LogP contribution >= 0.6 is 11.3 Å². The molecule has 2 rings (SSSR count). The monoisotopic (exact) mass is 331 g/mol. The molecule has 1 aromatic carbocycles. The highest BCUT2D eigenvalue weighted by atomic mass is 32.1. The second-order valence-electron chi connectivity index (χ2n) is 5.09. The fraction of sp³-hybridized carbons (Fsp3) is 0.333. The zero-order valence-corrected chi connectivity index (χ0v) is 14.2. The van der Waals surface area contributed by atoms with Crippen LogP contribution in [-0.2, 0) is 9.53 Å². The van der Waals surface area contributed by atoms with Crippen LogP contribution in [0.1, 0.15) is 43.5 Å². The zero-order valence-electron chi connectivity index (χ0n) is 13.4. The molecule has 1 N–H and O–H groups in total. The van der Waals surface area contributed by atoms with Gasteiger partial charge in [0.15, 0.2) is 0 Å².